The fraction of sp³-hybridized carbons (Fsp3) is 0.400. The molecular formula is C10H11BrN2O5. The van der Waals surface area contributed by atoms with Crippen molar-refractivity contribution in [1.82, 2.24) is 4.98 Å². The summed E-state index contributed by atoms with van der Waals surface area (Å²) in [5.74, 6) is -0.900. The maximum atomic E-state index is 11.4. The quantitative estimate of drug-likeness (QED) is 0.365. The molecule has 1 aromatic heterocycles. The van der Waals surface area contributed by atoms with Gasteiger partial charge in [-0.3, -0.25) is 10.1 Å². The topological polar surface area (TPSA) is 91.6 Å². The SMILES string of the molecule is COC(=O)C(C)(C)Oc1nc(Br)ccc1[N+](=O)[O-]. The molecule has 0 unspecified atom stereocenters. The average molecular weight is 319 g/mol. The van der Waals surface area contributed by atoms with Crippen LogP contribution in [0.2, 0.25) is 0 Å². The van der Waals surface area contributed by atoms with Crippen LogP contribution < -0.4 is 4.74 Å². The van der Waals surface area contributed by atoms with Gasteiger partial charge in [0.25, 0.3) is 5.88 Å². The number of methoxy groups -OCH3 is 1. The predicted octanol–water partition coefficient (Wildman–Crippen LogP) is 2.08. The summed E-state index contributed by atoms with van der Waals surface area (Å²) in [4.78, 5) is 25.5. The van der Waals surface area contributed by atoms with E-state index in [1.165, 1.54) is 33.1 Å². The van der Waals surface area contributed by atoms with Gasteiger partial charge in [0.1, 0.15) is 4.60 Å². The highest BCUT2D eigenvalue weighted by molar-refractivity contribution is 9.10. The summed E-state index contributed by atoms with van der Waals surface area (Å²) in [5, 5.41) is 10.8. The predicted molar refractivity (Wildman–Crippen MR) is 65.3 cm³/mol. The number of aromatic nitrogens is 1. The Hall–Kier alpha value is -1.70. The van der Waals surface area contributed by atoms with Crippen LogP contribution in [-0.4, -0.2) is 28.6 Å². The van der Waals surface area contributed by atoms with Crippen molar-refractivity contribution in [3.8, 4) is 5.88 Å². The summed E-state index contributed by atoms with van der Waals surface area (Å²) in [7, 11) is 1.20. The fourth-order valence-electron chi connectivity index (χ4n) is 1.15. The molecule has 18 heavy (non-hydrogen) atoms. The summed E-state index contributed by atoms with van der Waals surface area (Å²) in [6.45, 7) is 2.87. The Kier molecular flexibility index (Phi) is 4.23. The second kappa shape index (κ2) is 5.30. The van der Waals surface area contributed by atoms with Gasteiger partial charge in [-0.15, -0.1) is 0 Å². The highest BCUT2D eigenvalue weighted by atomic mass is 79.9. The third kappa shape index (κ3) is 3.16. The summed E-state index contributed by atoms with van der Waals surface area (Å²) >= 11 is 3.08. The Balaban J connectivity index is 3.13. The number of ether oxygens (including phenoxy) is 2. The normalized spacial score (nSPS) is 10.9. The molecule has 7 nitrogen and oxygen atoms in total. The number of hydrogen-bond donors (Lipinski definition) is 0. The average Bonchev–Trinajstić information content (AvgIpc) is 2.26. The molecule has 0 radical (unpaired) electrons. The van der Waals surface area contributed by atoms with Crippen LogP contribution in [0.1, 0.15) is 13.8 Å². The number of esters is 1. The highest BCUT2D eigenvalue weighted by Crippen LogP contribution is 2.29. The minimum Gasteiger partial charge on any atom is -0.466 e. The van der Waals surface area contributed by atoms with E-state index in [-0.39, 0.29) is 11.6 Å². The number of rotatable bonds is 4. The van der Waals surface area contributed by atoms with Gasteiger partial charge < -0.3 is 9.47 Å². The minimum absolute atomic E-state index is 0.246. The molecule has 1 rings (SSSR count). The fourth-order valence-corrected chi connectivity index (χ4v) is 1.45. The molecule has 0 aliphatic heterocycles. The molecule has 0 saturated heterocycles. The van der Waals surface area contributed by atoms with Crippen LogP contribution in [0.3, 0.4) is 0 Å². The van der Waals surface area contributed by atoms with Gasteiger partial charge in [0.15, 0.2) is 0 Å². The van der Waals surface area contributed by atoms with Gasteiger partial charge in [-0.1, -0.05) is 0 Å². The smallest absolute Gasteiger partial charge is 0.349 e. The Bertz CT molecular complexity index is 489. The van der Waals surface area contributed by atoms with Crippen LogP contribution in [-0.2, 0) is 9.53 Å². The van der Waals surface area contributed by atoms with E-state index in [2.05, 4.69) is 25.7 Å². The lowest BCUT2D eigenvalue weighted by molar-refractivity contribution is -0.386. The van der Waals surface area contributed by atoms with Crippen LogP contribution >= 0.6 is 15.9 Å². The first-order valence-corrected chi connectivity index (χ1v) is 5.65. The van der Waals surface area contributed by atoms with Gasteiger partial charge in [-0.05, 0) is 35.8 Å². The molecule has 8 heteroatoms. The van der Waals surface area contributed by atoms with Gasteiger partial charge in [-0.25, -0.2) is 9.78 Å². The van der Waals surface area contributed by atoms with Crippen LogP contribution in [0.25, 0.3) is 0 Å². The Morgan fingerprint density at radius 3 is 2.61 bits per heavy atom. The number of pyridine rings is 1. The van der Waals surface area contributed by atoms with E-state index in [0.717, 1.165) is 0 Å². The van der Waals surface area contributed by atoms with Crippen LogP contribution in [0, 0.1) is 10.1 Å². The summed E-state index contributed by atoms with van der Waals surface area (Å²) < 4.78 is 10.2. The maximum absolute atomic E-state index is 11.4. The van der Waals surface area contributed by atoms with Crippen molar-refractivity contribution in [2.45, 2.75) is 19.4 Å². The van der Waals surface area contributed by atoms with Gasteiger partial charge >= 0.3 is 11.7 Å². The van der Waals surface area contributed by atoms with E-state index in [4.69, 9.17) is 4.74 Å². The monoisotopic (exact) mass is 318 g/mol. The first-order valence-electron chi connectivity index (χ1n) is 4.86. The summed E-state index contributed by atoms with van der Waals surface area (Å²) in [6, 6.07) is 2.65. The number of nitro groups is 1. The molecule has 98 valence electrons. The zero-order valence-electron chi connectivity index (χ0n) is 9.97. The Morgan fingerprint density at radius 1 is 1.50 bits per heavy atom. The second-order valence-electron chi connectivity index (χ2n) is 3.82. The third-order valence-corrected chi connectivity index (χ3v) is 2.47. The molecule has 0 saturated carbocycles. The zero-order valence-corrected chi connectivity index (χ0v) is 11.6. The number of hydrogen-bond acceptors (Lipinski definition) is 6. The molecule has 0 aliphatic carbocycles. The lowest BCUT2D eigenvalue weighted by Crippen LogP contribution is -2.39. The Labute approximate surface area is 111 Å². The molecule has 0 aromatic carbocycles. The molecule has 1 heterocycles. The van der Waals surface area contributed by atoms with Crippen molar-refractivity contribution in [3.05, 3.63) is 26.9 Å². The van der Waals surface area contributed by atoms with E-state index in [0.29, 0.717) is 4.60 Å². The van der Waals surface area contributed by atoms with Gasteiger partial charge in [0.05, 0.1) is 12.0 Å². The lowest BCUT2D eigenvalue weighted by atomic mass is 10.1. The third-order valence-electron chi connectivity index (χ3n) is 2.03. The van der Waals surface area contributed by atoms with Crippen LogP contribution in [0.15, 0.2) is 16.7 Å². The first-order chi connectivity index (χ1) is 8.27. The first kappa shape index (κ1) is 14.4. The molecule has 0 bridgehead atoms. The lowest BCUT2D eigenvalue weighted by Gasteiger charge is -2.22. The summed E-state index contributed by atoms with van der Waals surface area (Å²) in [6.07, 6.45) is 0. The molecule has 0 amide bonds. The van der Waals surface area contributed by atoms with Crippen molar-refractivity contribution in [2.24, 2.45) is 0 Å². The molecule has 0 spiro atoms. The van der Waals surface area contributed by atoms with E-state index in [1.807, 2.05) is 0 Å². The Morgan fingerprint density at radius 2 is 2.11 bits per heavy atom. The van der Waals surface area contributed by atoms with E-state index in [9.17, 15) is 14.9 Å². The number of nitrogens with zero attached hydrogens (tertiary/aromatic N) is 2. The van der Waals surface area contributed by atoms with Crippen molar-refractivity contribution in [3.63, 3.8) is 0 Å². The van der Waals surface area contributed by atoms with Crippen molar-refractivity contribution in [1.29, 1.82) is 0 Å². The highest BCUT2D eigenvalue weighted by Gasteiger charge is 2.34. The minimum atomic E-state index is -1.37. The molecule has 0 N–H and O–H groups in total. The van der Waals surface area contributed by atoms with Gasteiger partial charge in [0.2, 0.25) is 5.60 Å². The van der Waals surface area contributed by atoms with E-state index >= 15 is 0 Å². The molecule has 0 fully saturated rings. The van der Waals surface area contributed by atoms with Crippen LogP contribution in [0.4, 0.5) is 5.69 Å². The van der Waals surface area contributed by atoms with Gasteiger partial charge in [0, 0.05) is 6.07 Å². The van der Waals surface area contributed by atoms with Crippen molar-refractivity contribution in [2.75, 3.05) is 7.11 Å². The standard InChI is InChI=1S/C10H11BrN2O5/c1-10(2,9(14)17-3)18-8-6(13(15)16)4-5-7(11)12-8/h4-5H,1-3H3. The number of halogens is 1. The number of carbonyl (C=O) groups excluding carboxylic acids is 1. The molecule has 1 aromatic rings. The van der Waals surface area contributed by atoms with Crippen molar-refractivity contribution >= 4 is 27.6 Å². The summed E-state index contributed by atoms with van der Waals surface area (Å²) in [5.41, 5.74) is -1.69. The zero-order chi connectivity index (χ0) is 13.9. The molecular weight excluding hydrogens is 308 g/mol. The molecule has 0 aliphatic rings. The number of carbonyl (C=O) groups is 1. The van der Waals surface area contributed by atoms with E-state index < -0.39 is 16.5 Å². The van der Waals surface area contributed by atoms with E-state index in [1.54, 1.807) is 0 Å². The maximum Gasteiger partial charge on any atom is 0.349 e. The second-order valence-corrected chi connectivity index (χ2v) is 4.63. The largest absolute Gasteiger partial charge is 0.466 e. The van der Waals surface area contributed by atoms with Crippen molar-refractivity contribution < 1.29 is 19.2 Å². The molecule has 0 atom stereocenters. The van der Waals surface area contributed by atoms with Gasteiger partial charge in [-0.2, -0.15) is 0 Å². The van der Waals surface area contributed by atoms with Crippen LogP contribution in [0.5, 0.6) is 5.88 Å².